The van der Waals surface area contributed by atoms with E-state index >= 15 is 0 Å². The van der Waals surface area contributed by atoms with Crippen molar-refractivity contribution in [3.63, 3.8) is 0 Å². The summed E-state index contributed by atoms with van der Waals surface area (Å²) >= 11 is 0. The molecule has 0 aromatic carbocycles. The number of piperidine rings is 1. The molecule has 2 saturated heterocycles. The highest BCUT2D eigenvalue weighted by Crippen LogP contribution is 2.26. The molecule has 0 spiro atoms. The fourth-order valence-corrected chi connectivity index (χ4v) is 3.66. The van der Waals surface area contributed by atoms with E-state index in [1.807, 2.05) is 16.5 Å². The molecule has 2 aliphatic heterocycles. The van der Waals surface area contributed by atoms with Gasteiger partial charge in [-0.1, -0.05) is 5.92 Å². The summed E-state index contributed by atoms with van der Waals surface area (Å²) in [5.41, 5.74) is 2.03. The lowest BCUT2D eigenvalue weighted by molar-refractivity contribution is 0.0904. The third-order valence-corrected chi connectivity index (χ3v) is 4.72. The van der Waals surface area contributed by atoms with E-state index in [0.29, 0.717) is 5.69 Å². The van der Waals surface area contributed by atoms with Gasteiger partial charge in [-0.25, -0.2) is 4.98 Å². The van der Waals surface area contributed by atoms with Gasteiger partial charge in [-0.2, -0.15) is 0 Å². The number of rotatable bonds is 2. The van der Waals surface area contributed by atoms with Crippen LogP contribution in [0.15, 0.2) is 24.5 Å². The monoisotopic (exact) mass is 294 g/mol. The number of carbonyl (C=O) groups excluding carboxylic acids is 1. The van der Waals surface area contributed by atoms with E-state index in [4.69, 9.17) is 6.42 Å². The minimum absolute atomic E-state index is 0.119. The van der Waals surface area contributed by atoms with Crippen molar-refractivity contribution in [2.45, 2.75) is 18.9 Å². The molecule has 0 aliphatic carbocycles. The number of amides is 1. The van der Waals surface area contributed by atoms with E-state index in [2.05, 4.69) is 21.1 Å². The summed E-state index contributed by atoms with van der Waals surface area (Å²) in [6.45, 7) is 3.30. The van der Waals surface area contributed by atoms with Crippen LogP contribution < -0.4 is 5.32 Å². The summed E-state index contributed by atoms with van der Waals surface area (Å²) < 4.78 is 1.83. The van der Waals surface area contributed by atoms with Gasteiger partial charge in [-0.15, -0.1) is 6.42 Å². The third kappa shape index (κ3) is 2.26. The first-order valence-electron chi connectivity index (χ1n) is 7.70. The Morgan fingerprint density at radius 2 is 2.32 bits per heavy atom. The molecule has 2 aliphatic rings. The van der Waals surface area contributed by atoms with Gasteiger partial charge in [0.1, 0.15) is 5.69 Å². The molecule has 3 atom stereocenters. The second-order valence-electron chi connectivity index (χ2n) is 6.25. The molecule has 2 fully saturated rings. The number of fused-ring (bicyclic) bond motifs is 3. The first-order valence-corrected chi connectivity index (χ1v) is 7.70. The molecule has 1 N–H and O–H groups in total. The van der Waals surface area contributed by atoms with Gasteiger partial charge in [0.05, 0.1) is 17.4 Å². The first-order chi connectivity index (χ1) is 10.7. The summed E-state index contributed by atoms with van der Waals surface area (Å²) in [6.07, 6.45) is 11.2. The largest absolute Gasteiger partial charge is 0.347 e. The van der Waals surface area contributed by atoms with E-state index in [1.54, 1.807) is 12.4 Å². The van der Waals surface area contributed by atoms with Crippen LogP contribution in [0.3, 0.4) is 0 Å². The Bertz CT molecular complexity index is 761. The molecule has 1 amide bonds. The van der Waals surface area contributed by atoms with Crippen molar-refractivity contribution in [3.05, 3.63) is 35.9 Å². The highest BCUT2D eigenvalue weighted by Gasteiger charge is 2.33. The molecule has 4 rings (SSSR count). The number of hydrogen-bond acceptors (Lipinski definition) is 3. The van der Waals surface area contributed by atoms with E-state index in [-0.39, 0.29) is 11.9 Å². The lowest BCUT2D eigenvalue weighted by Gasteiger charge is -2.30. The van der Waals surface area contributed by atoms with Gasteiger partial charge >= 0.3 is 0 Å². The number of nitrogens with one attached hydrogen (secondary N) is 1. The van der Waals surface area contributed by atoms with Crippen molar-refractivity contribution in [2.24, 2.45) is 5.92 Å². The van der Waals surface area contributed by atoms with Crippen LogP contribution in [0.4, 0.5) is 0 Å². The topological polar surface area (TPSA) is 49.6 Å². The minimum atomic E-state index is -0.119. The predicted octanol–water partition coefficient (Wildman–Crippen LogP) is 1.14. The Kier molecular flexibility index (Phi) is 3.12. The summed E-state index contributed by atoms with van der Waals surface area (Å²) in [7, 11) is 0. The third-order valence-electron chi connectivity index (χ3n) is 4.72. The zero-order valence-corrected chi connectivity index (χ0v) is 12.3. The van der Waals surface area contributed by atoms with E-state index in [1.165, 1.54) is 13.0 Å². The number of carbonyl (C=O) groups is 1. The summed E-state index contributed by atoms with van der Waals surface area (Å²) in [4.78, 5) is 19.1. The minimum Gasteiger partial charge on any atom is -0.347 e. The summed E-state index contributed by atoms with van der Waals surface area (Å²) in [6, 6.07) is 3.98. The average Bonchev–Trinajstić information content (AvgIpc) is 3.09. The van der Waals surface area contributed by atoms with Gasteiger partial charge < -0.3 is 14.6 Å². The van der Waals surface area contributed by atoms with Gasteiger partial charge in [0.15, 0.2) is 0 Å². The van der Waals surface area contributed by atoms with Crippen LogP contribution in [-0.2, 0) is 0 Å². The molecule has 22 heavy (non-hydrogen) atoms. The molecule has 1 unspecified atom stereocenters. The summed E-state index contributed by atoms with van der Waals surface area (Å²) in [5, 5.41) is 3.12. The maximum Gasteiger partial charge on any atom is 0.271 e. The SMILES string of the molecule is C#Cc1ccc2cnc(C(=O)N[C@@H]3C[C@@H]4CCN(C4)C3)cn12. The molecule has 5 heteroatoms. The maximum atomic E-state index is 12.5. The second kappa shape index (κ2) is 5.15. The number of nitrogens with zero attached hydrogens (tertiary/aromatic N) is 3. The van der Waals surface area contributed by atoms with Crippen molar-refractivity contribution >= 4 is 11.4 Å². The van der Waals surface area contributed by atoms with Crippen LogP contribution in [-0.4, -0.2) is 45.9 Å². The van der Waals surface area contributed by atoms with E-state index < -0.39 is 0 Å². The maximum absolute atomic E-state index is 12.5. The van der Waals surface area contributed by atoms with Crippen molar-refractivity contribution in [1.82, 2.24) is 19.6 Å². The van der Waals surface area contributed by atoms with Crippen LogP contribution in [0.5, 0.6) is 0 Å². The fraction of sp³-hybridized carbons (Fsp3) is 0.412. The van der Waals surface area contributed by atoms with Gasteiger partial charge in [-0.3, -0.25) is 4.79 Å². The Balaban J connectivity index is 1.54. The lowest BCUT2D eigenvalue weighted by atomic mass is 9.97. The quantitative estimate of drug-likeness (QED) is 0.845. The van der Waals surface area contributed by atoms with E-state index in [9.17, 15) is 4.79 Å². The number of terminal acetylenes is 1. The molecule has 112 valence electrons. The molecular weight excluding hydrogens is 276 g/mol. The van der Waals surface area contributed by atoms with Crippen LogP contribution >= 0.6 is 0 Å². The van der Waals surface area contributed by atoms with Crippen molar-refractivity contribution in [3.8, 4) is 12.3 Å². The molecular formula is C17H18N4O. The van der Waals surface area contributed by atoms with Crippen LogP contribution in [0.25, 0.3) is 5.52 Å². The van der Waals surface area contributed by atoms with Crippen molar-refractivity contribution < 1.29 is 4.79 Å². The van der Waals surface area contributed by atoms with Crippen LogP contribution in [0, 0.1) is 18.3 Å². The zero-order valence-electron chi connectivity index (χ0n) is 12.3. The zero-order chi connectivity index (χ0) is 15.1. The van der Waals surface area contributed by atoms with Crippen molar-refractivity contribution in [2.75, 3.05) is 19.6 Å². The predicted molar refractivity (Wildman–Crippen MR) is 83.5 cm³/mol. The Labute approximate surface area is 129 Å². The molecule has 4 heterocycles. The van der Waals surface area contributed by atoms with Crippen LogP contribution in [0.2, 0.25) is 0 Å². The molecule has 2 aromatic heterocycles. The standard InChI is InChI=1S/C17H18N4O/c1-2-14-3-4-15-8-18-16(11-21(14)15)17(22)19-13-7-12-5-6-20(9-12)10-13/h1,3-4,8,11-13H,5-7,9-10H2,(H,19,22)/t12-,13+/m0/s1. The molecule has 0 saturated carbocycles. The molecule has 5 nitrogen and oxygen atoms in total. The van der Waals surface area contributed by atoms with E-state index in [0.717, 1.165) is 36.6 Å². The molecule has 0 radical (unpaired) electrons. The number of hydrogen-bond donors (Lipinski definition) is 1. The smallest absolute Gasteiger partial charge is 0.271 e. The van der Waals surface area contributed by atoms with Crippen LogP contribution in [0.1, 0.15) is 29.0 Å². The summed E-state index contributed by atoms with van der Waals surface area (Å²) in [5.74, 6) is 3.22. The second-order valence-corrected chi connectivity index (χ2v) is 6.25. The first kappa shape index (κ1) is 13.4. The molecule has 2 aromatic rings. The van der Waals surface area contributed by atoms with Gasteiger partial charge in [0, 0.05) is 25.3 Å². The average molecular weight is 294 g/mol. The van der Waals surface area contributed by atoms with Gasteiger partial charge in [0.2, 0.25) is 0 Å². The highest BCUT2D eigenvalue weighted by molar-refractivity contribution is 5.92. The Hall–Kier alpha value is -2.32. The Morgan fingerprint density at radius 1 is 1.41 bits per heavy atom. The van der Waals surface area contributed by atoms with Crippen molar-refractivity contribution in [1.29, 1.82) is 0 Å². The normalized spacial score (nSPS) is 26.8. The fourth-order valence-electron chi connectivity index (χ4n) is 3.66. The lowest BCUT2D eigenvalue weighted by Crippen LogP contribution is -2.47. The van der Waals surface area contributed by atoms with Gasteiger partial charge in [0.25, 0.3) is 5.91 Å². The Morgan fingerprint density at radius 3 is 3.14 bits per heavy atom. The highest BCUT2D eigenvalue weighted by atomic mass is 16.2. The van der Waals surface area contributed by atoms with Gasteiger partial charge in [-0.05, 0) is 37.4 Å². The molecule has 2 bridgehead atoms. The number of aromatic nitrogens is 2.